The number of aliphatic hydroxyl groups is 1. The lowest BCUT2D eigenvalue weighted by Crippen LogP contribution is -2.62. The number of aryl methyl sites for hydroxylation is 1. The number of likely N-dealkylation sites (tertiary alicyclic amines) is 1. The fourth-order valence-corrected chi connectivity index (χ4v) is 4.68. The number of aromatic nitrogens is 1. The summed E-state index contributed by atoms with van der Waals surface area (Å²) < 4.78 is 5.33. The number of carboxylic acid groups (broad SMARTS) is 2. The molecule has 0 aliphatic carbocycles. The van der Waals surface area contributed by atoms with E-state index in [1.807, 2.05) is 13.0 Å². The number of aliphatic hydroxyl groups excluding tert-OH is 1. The Balaban J connectivity index is 0.000000626. The smallest absolute Gasteiger partial charge is 0.290 e. The van der Waals surface area contributed by atoms with Crippen LogP contribution in [-0.4, -0.2) is 74.6 Å². The van der Waals surface area contributed by atoms with E-state index in [0.29, 0.717) is 6.04 Å². The Morgan fingerprint density at radius 3 is 2.14 bits per heavy atom. The third kappa shape index (κ3) is 8.12. The van der Waals surface area contributed by atoms with Crippen LogP contribution in [0.15, 0.2) is 10.6 Å². The van der Waals surface area contributed by atoms with Crippen molar-refractivity contribution in [1.82, 2.24) is 15.4 Å². The Labute approximate surface area is 172 Å². The molecule has 0 unspecified atom stereocenters. The third-order valence-corrected chi connectivity index (χ3v) is 5.26. The summed E-state index contributed by atoms with van der Waals surface area (Å²) in [6.07, 6.45) is 2.74. The van der Waals surface area contributed by atoms with Crippen molar-refractivity contribution in [2.75, 3.05) is 13.1 Å². The second-order valence-corrected chi connectivity index (χ2v) is 9.09. The summed E-state index contributed by atoms with van der Waals surface area (Å²) >= 11 is 0. The molecular weight excluding hydrogens is 378 g/mol. The lowest BCUT2D eigenvalue weighted by molar-refractivity contribution is -0.123. The lowest BCUT2D eigenvalue weighted by Gasteiger charge is -2.49. The Bertz CT molecular complexity index is 624. The fourth-order valence-electron chi connectivity index (χ4n) is 4.68. The van der Waals surface area contributed by atoms with Gasteiger partial charge in [-0.25, -0.2) is 0 Å². The molecule has 2 saturated heterocycles. The second kappa shape index (κ2) is 10.7. The normalized spacial score (nSPS) is 25.9. The van der Waals surface area contributed by atoms with Crippen LogP contribution >= 0.6 is 0 Å². The van der Waals surface area contributed by atoms with Gasteiger partial charge in [0.25, 0.3) is 12.9 Å². The van der Waals surface area contributed by atoms with Crippen molar-refractivity contribution in [3.63, 3.8) is 0 Å². The summed E-state index contributed by atoms with van der Waals surface area (Å²) in [5.41, 5.74) is 1.18. The van der Waals surface area contributed by atoms with Crippen molar-refractivity contribution in [2.45, 2.75) is 77.1 Å². The lowest BCUT2D eigenvalue weighted by atomic mass is 9.79. The highest BCUT2D eigenvalue weighted by Gasteiger charge is 2.43. The van der Waals surface area contributed by atoms with Gasteiger partial charge >= 0.3 is 0 Å². The minimum Gasteiger partial charge on any atom is -0.483 e. The summed E-state index contributed by atoms with van der Waals surface area (Å²) in [7, 11) is 0. The van der Waals surface area contributed by atoms with Crippen molar-refractivity contribution in [3.8, 4) is 0 Å². The monoisotopic (exact) mass is 413 g/mol. The van der Waals surface area contributed by atoms with Gasteiger partial charge in [0.15, 0.2) is 0 Å². The van der Waals surface area contributed by atoms with Crippen LogP contribution in [0.2, 0.25) is 0 Å². The number of carbonyl (C=O) groups is 2. The second-order valence-electron chi connectivity index (χ2n) is 9.09. The number of β-amino-alcohol motifs (C(OH)–C–C–N with tert-alkyl or cyclic N) is 1. The largest absolute Gasteiger partial charge is 0.483 e. The highest BCUT2D eigenvalue weighted by atomic mass is 16.5. The van der Waals surface area contributed by atoms with Gasteiger partial charge in [-0.05, 0) is 47.5 Å². The summed E-state index contributed by atoms with van der Waals surface area (Å²) in [6, 6.07) is 2.50. The van der Waals surface area contributed by atoms with Crippen LogP contribution in [0.3, 0.4) is 0 Å². The number of hydrogen-bond donors (Lipinski definition) is 4. The van der Waals surface area contributed by atoms with Crippen molar-refractivity contribution < 1.29 is 29.4 Å². The van der Waals surface area contributed by atoms with E-state index in [-0.39, 0.29) is 36.0 Å². The first-order valence-corrected chi connectivity index (χ1v) is 9.76. The van der Waals surface area contributed by atoms with Crippen LogP contribution in [-0.2, 0) is 16.0 Å². The van der Waals surface area contributed by atoms with Gasteiger partial charge in [-0.3, -0.25) is 14.5 Å². The van der Waals surface area contributed by atoms with E-state index in [4.69, 9.17) is 24.3 Å². The van der Waals surface area contributed by atoms with E-state index in [2.05, 4.69) is 43.1 Å². The van der Waals surface area contributed by atoms with E-state index in [1.54, 1.807) is 0 Å². The third-order valence-electron chi connectivity index (χ3n) is 5.26. The average molecular weight is 414 g/mol. The molecule has 2 atom stereocenters. The van der Waals surface area contributed by atoms with Gasteiger partial charge in [-0.1, -0.05) is 5.16 Å². The minimum absolute atomic E-state index is 0.136. The van der Waals surface area contributed by atoms with Crippen molar-refractivity contribution in [2.24, 2.45) is 5.92 Å². The quantitative estimate of drug-likeness (QED) is 0.544. The number of piperidine rings is 1. The van der Waals surface area contributed by atoms with Gasteiger partial charge in [0.05, 0.1) is 11.8 Å². The van der Waals surface area contributed by atoms with E-state index < -0.39 is 0 Å². The predicted molar refractivity (Wildman–Crippen MR) is 108 cm³/mol. The summed E-state index contributed by atoms with van der Waals surface area (Å²) in [4.78, 5) is 19.2. The van der Waals surface area contributed by atoms with Crippen LogP contribution in [0, 0.1) is 12.8 Å². The average Bonchev–Trinajstić information content (AvgIpc) is 3.13. The molecule has 2 aliphatic rings. The molecule has 4 N–H and O–H groups in total. The summed E-state index contributed by atoms with van der Waals surface area (Å²) in [5, 5.41) is 32.0. The summed E-state index contributed by atoms with van der Waals surface area (Å²) in [5.74, 6) is 1.13. The van der Waals surface area contributed by atoms with Crippen LogP contribution in [0.25, 0.3) is 0 Å². The van der Waals surface area contributed by atoms with Crippen LogP contribution in [0.1, 0.15) is 52.0 Å². The van der Waals surface area contributed by atoms with Crippen molar-refractivity contribution >= 4 is 12.9 Å². The molecule has 166 valence electrons. The van der Waals surface area contributed by atoms with E-state index in [1.165, 1.54) is 0 Å². The molecule has 3 rings (SSSR count). The SMILES string of the molecule is Cc1cc(C[C@@H]2CN(C3CC(C)(C)NC(C)(C)C3)C[C@H]2O)on1.O=CO.O=CO. The van der Waals surface area contributed by atoms with Crippen LogP contribution < -0.4 is 5.32 Å². The Morgan fingerprint density at radius 1 is 1.17 bits per heavy atom. The number of nitrogens with one attached hydrogen (secondary N) is 1. The van der Waals surface area contributed by atoms with Gasteiger partial charge in [-0.15, -0.1) is 0 Å². The molecule has 9 nitrogen and oxygen atoms in total. The van der Waals surface area contributed by atoms with Gasteiger partial charge in [0.1, 0.15) is 5.76 Å². The fraction of sp³-hybridized carbons (Fsp3) is 0.750. The zero-order valence-corrected chi connectivity index (χ0v) is 18.0. The highest BCUT2D eigenvalue weighted by molar-refractivity contribution is 5.33. The van der Waals surface area contributed by atoms with Gasteiger partial charge in [0, 0.05) is 48.6 Å². The zero-order chi connectivity index (χ0) is 22.2. The van der Waals surface area contributed by atoms with E-state index in [0.717, 1.165) is 43.8 Å². The molecule has 3 heterocycles. The van der Waals surface area contributed by atoms with Crippen molar-refractivity contribution in [3.05, 3.63) is 17.5 Å². The molecule has 0 bridgehead atoms. The molecule has 1 aromatic heterocycles. The molecule has 2 aliphatic heterocycles. The number of hydrogen-bond acceptors (Lipinski definition) is 7. The maximum Gasteiger partial charge on any atom is 0.290 e. The molecule has 0 aromatic carbocycles. The van der Waals surface area contributed by atoms with Gasteiger partial charge in [-0.2, -0.15) is 0 Å². The molecule has 0 amide bonds. The molecule has 0 radical (unpaired) electrons. The predicted octanol–water partition coefficient (Wildman–Crippen LogP) is 1.53. The van der Waals surface area contributed by atoms with Crippen molar-refractivity contribution in [1.29, 1.82) is 0 Å². The number of rotatable bonds is 3. The first-order valence-electron chi connectivity index (χ1n) is 9.76. The Hall–Kier alpha value is -1.97. The first kappa shape index (κ1) is 25.1. The molecule has 2 fully saturated rings. The topological polar surface area (TPSA) is 136 Å². The molecule has 0 spiro atoms. The van der Waals surface area contributed by atoms with Crippen LogP contribution in [0.4, 0.5) is 0 Å². The maximum atomic E-state index is 10.5. The molecule has 0 saturated carbocycles. The maximum absolute atomic E-state index is 10.5. The first-order chi connectivity index (χ1) is 13.5. The van der Waals surface area contributed by atoms with Gasteiger partial charge in [0.2, 0.25) is 0 Å². The number of nitrogens with zero attached hydrogens (tertiary/aromatic N) is 2. The van der Waals surface area contributed by atoms with E-state index in [9.17, 15) is 5.11 Å². The van der Waals surface area contributed by atoms with Gasteiger partial charge < -0.3 is 25.2 Å². The molecule has 1 aromatic rings. The zero-order valence-electron chi connectivity index (χ0n) is 18.0. The standard InChI is InChI=1S/C18H31N3O2.2CH2O2/c1-12-6-15(23-19-12)7-13-10-21(11-16(13)22)14-8-17(2,3)20-18(4,5)9-14;2*2-1-3/h6,13-14,16,20,22H,7-11H2,1-5H3;2*1H,(H,2,3)/t13-,16-;;/m1../s1. The van der Waals surface area contributed by atoms with E-state index >= 15 is 0 Å². The Morgan fingerprint density at radius 2 is 1.69 bits per heavy atom. The highest BCUT2D eigenvalue weighted by Crippen LogP contribution is 2.34. The Kier molecular flexibility index (Phi) is 9.25. The summed E-state index contributed by atoms with van der Waals surface area (Å²) in [6.45, 7) is 12.3. The molecular formula is C20H35N3O6. The van der Waals surface area contributed by atoms with Crippen LogP contribution in [0.5, 0.6) is 0 Å². The molecule has 29 heavy (non-hydrogen) atoms. The molecule has 9 heteroatoms. The minimum atomic E-state index is -0.276.